The van der Waals surface area contributed by atoms with E-state index in [0.717, 1.165) is 12.1 Å². The summed E-state index contributed by atoms with van der Waals surface area (Å²) >= 11 is 0. The Bertz CT molecular complexity index is 519. The zero-order valence-electron chi connectivity index (χ0n) is 12.5. The minimum absolute atomic E-state index is 0.0424. The number of aromatic hydroxyl groups is 1. The van der Waals surface area contributed by atoms with E-state index in [9.17, 15) is 18.7 Å². The van der Waals surface area contributed by atoms with Gasteiger partial charge in [0.2, 0.25) is 0 Å². The highest BCUT2D eigenvalue weighted by molar-refractivity contribution is 5.97. The van der Waals surface area contributed by atoms with Crippen LogP contribution in [0.25, 0.3) is 0 Å². The first-order chi connectivity index (χ1) is 8.93. The van der Waals surface area contributed by atoms with Crippen LogP contribution >= 0.6 is 0 Å². The van der Waals surface area contributed by atoms with Gasteiger partial charge in [-0.1, -0.05) is 20.8 Å². The van der Waals surface area contributed by atoms with Crippen LogP contribution < -0.4 is 5.32 Å². The second-order valence-electron chi connectivity index (χ2n) is 6.83. The molecule has 0 aliphatic carbocycles. The van der Waals surface area contributed by atoms with Crippen LogP contribution in [0.2, 0.25) is 0 Å². The summed E-state index contributed by atoms with van der Waals surface area (Å²) in [6, 6.07) is 1.60. The average molecular weight is 285 g/mol. The van der Waals surface area contributed by atoms with Gasteiger partial charge in [0.25, 0.3) is 5.91 Å². The van der Waals surface area contributed by atoms with E-state index in [1.807, 2.05) is 20.8 Å². The van der Waals surface area contributed by atoms with Crippen molar-refractivity contribution >= 4 is 5.91 Å². The van der Waals surface area contributed by atoms with Crippen LogP contribution in [0.5, 0.6) is 5.75 Å². The molecule has 1 rings (SSSR count). The number of nitrogens with one attached hydrogen (secondary N) is 1. The van der Waals surface area contributed by atoms with Crippen molar-refractivity contribution in [2.75, 3.05) is 0 Å². The van der Waals surface area contributed by atoms with Crippen molar-refractivity contribution in [3.05, 3.63) is 29.3 Å². The summed E-state index contributed by atoms with van der Waals surface area (Å²) < 4.78 is 26.8. The Balaban J connectivity index is 3.01. The van der Waals surface area contributed by atoms with Gasteiger partial charge >= 0.3 is 0 Å². The Labute approximate surface area is 118 Å². The lowest BCUT2D eigenvalue weighted by Crippen LogP contribution is -2.46. The maximum Gasteiger partial charge on any atom is 0.258 e. The molecule has 0 radical (unpaired) electrons. The predicted octanol–water partition coefficient (Wildman–Crippen LogP) is 3.62. The van der Waals surface area contributed by atoms with Gasteiger partial charge in [0.05, 0.1) is 0 Å². The van der Waals surface area contributed by atoms with Gasteiger partial charge in [-0.05, 0) is 37.8 Å². The number of rotatable bonds is 3. The standard InChI is InChI=1S/C15H21F2NO2/c1-14(2,3)8-15(4,5)18-13(20)11-9(16)6-7-10(17)12(11)19/h6-7,19H,8H2,1-5H3,(H,18,20). The van der Waals surface area contributed by atoms with Gasteiger partial charge < -0.3 is 10.4 Å². The van der Waals surface area contributed by atoms with Gasteiger partial charge in [0.15, 0.2) is 11.6 Å². The summed E-state index contributed by atoms with van der Waals surface area (Å²) in [6.45, 7) is 9.64. The van der Waals surface area contributed by atoms with E-state index in [2.05, 4.69) is 5.32 Å². The number of halogens is 2. The predicted molar refractivity (Wildman–Crippen MR) is 73.6 cm³/mol. The lowest BCUT2D eigenvalue weighted by molar-refractivity contribution is 0.0883. The van der Waals surface area contributed by atoms with Gasteiger partial charge in [0.1, 0.15) is 11.4 Å². The molecule has 0 spiro atoms. The van der Waals surface area contributed by atoms with Gasteiger partial charge in [-0.25, -0.2) is 8.78 Å². The summed E-state index contributed by atoms with van der Waals surface area (Å²) in [4.78, 5) is 12.1. The summed E-state index contributed by atoms with van der Waals surface area (Å²) in [5.74, 6) is -3.76. The van der Waals surface area contributed by atoms with Crippen LogP contribution in [-0.2, 0) is 0 Å². The van der Waals surface area contributed by atoms with Crippen molar-refractivity contribution in [1.29, 1.82) is 0 Å². The molecule has 1 aromatic rings. The minimum atomic E-state index is -1.02. The van der Waals surface area contributed by atoms with Crippen molar-refractivity contribution in [3.63, 3.8) is 0 Å². The monoisotopic (exact) mass is 285 g/mol. The summed E-state index contributed by atoms with van der Waals surface area (Å²) in [7, 11) is 0. The molecule has 20 heavy (non-hydrogen) atoms. The number of carbonyl (C=O) groups is 1. The van der Waals surface area contributed by atoms with Gasteiger partial charge in [0, 0.05) is 5.54 Å². The number of amides is 1. The van der Waals surface area contributed by atoms with E-state index in [1.165, 1.54) is 0 Å². The maximum absolute atomic E-state index is 13.6. The van der Waals surface area contributed by atoms with Crippen molar-refractivity contribution in [3.8, 4) is 5.75 Å². The Morgan fingerprint density at radius 3 is 2.15 bits per heavy atom. The van der Waals surface area contributed by atoms with E-state index in [0.29, 0.717) is 6.42 Å². The fourth-order valence-electron chi connectivity index (χ4n) is 2.50. The summed E-state index contributed by atoms with van der Waals surface area (Å²) in [5.41, 5.74) is -1.31. The smallest absolute Gasteiger partial charge is 0.258 e. The fourth-order valence-corrected chi connectivity index (χ4v) is 2.50. The topological polar surface area (TPSA) is 49.3 Å². The van der Waals surface area contributed by atoms with E-state index in [-0.39, 0.29) is 5.41 Å². The molecule has 1 amide bonds. The van der Waals surface area contributed by atoms with E-state index in [1.54, 1.807) is 13.8 Å². The largest absolute Gasteiger partial charge is 0.504 e. The zero-order chi connectivity index (χ0) is 15.7. The first-order valence-electron chi connectivity index (χ1n) is 6.42. The number of hydrogen-bond acceptors (Lipinski definition) is 2. The van der Waals surface area contributed by atoms with Crippen LogP contribution in [0, 0.1) is 17.0 Å². The molecule has 0 saturated heterocycles. The molecule has 0 atom stereocenters. The molecule has 0 unspecified atom stereocenters. The van der Waals surface area contributed by atoms with Gasteiger partial charge in [-0.2, -0.15) is 0 Å². The molecule has 0 fully saturated rings. The number of hydrogen-bond donors (Lipinski definition) is 2. The maximum atomic E-state index is 13.6. The van der Waals surface area contributed by atoms with E-state index in [4.69, 9.17) is 0 Å². The van der Waals surface area contributed by atoms with Crippen LogP contribution in [-0.4, -0.2) is 16.6 Å². The third-order valence-corrected chi connectivity index (χ3v) is 2.73. The van der Waals surface area contributed by atoms with Crippen LogP contribution in [0.4, 0.5) is 8.78 Å². The normalized spacial score (nSPS) is 12.3. The highest BCUT2D eigenvalue weighted by Crippen LogP contribution is 2.29. The Morgan fingerprint density at radius 1 is 1.15 bits per heavy atom. The van der Waals surface area contributed by atoms with E-state index < -0.39 is 34.4 Å². The Kier molecular flexibility index (Phi) is 4.42. The molecule has 2 N–H and O–H groups in total. The molecule has 1 aromatic carbocycles. The molecule has 0 heterocycles. The molecule has 0 bridgehead atoms. The Hall–Kier alpha value is -1.65. The molecule has 112 valence electrons. The van der Waals surface area contributed by atoms with Crippen molar-refractivity contribution in [2.45, 2.75) is 46.6 Å². The van der Waals surface area contributed by atoms with Crippen molar-refractivity contribution < 1.29 is 18.7 Å². The molecular weight excluding hydrogens is 264 g/mol. The molecule has 0 aliphatic rings. The van der Waals surface area contributed by atoms with Gasteiger partial charge in [-0.15, -0.1) is 0 Å². The highest BCUT2D eigenvalue weighted by Gasteiger charge is 2.29. The average Bonchev–Trinajstić information content (AvgIpc) is 2.19. The van der Waals surface area contributed by atoms with Crippen molar-refractivity contribution in [1.82, 2.24) is 5.32 Å². The Morgan fingerprint density at radius 2 is 1.65 bits per heavy atom. The van der Waals surface area contributed by atoms with Crippen molar-refractivity contribution in [2.24, 2.45) is 5.41 Å². The summed E-state index contributed by atoms with van der Waals surface area (Å²) in [6.07, 6.45) is 0.642. The van der Waals surface area contributed by atoms with Gasteiger partial charge in [-0.3, -0.25) is 4.79 Å². The van der Waals surface area contributed by atoms with Crippen LogP contribution in [0.1, 0.15) is 51.4 Å². The third-order valence-electron chi connectivity index (χ3n) is 2.73. The molecule has 5 heteroatoms. The highest BCUT2D eigenvalue weighted by atomic mass is 19.1. The van der Waals surface area contributed by atoms with Crippen LogP contribution in [0.15, 0.2) is 12.1 Å². The number of phenols is 1. The fraction of sp³-hybridized carbons (Fsp3) is 0.533. The third kappa shape index (κ3) is 4.18. The zero-order valence-corrected chi connectivity index (χ0v) is 12.5. The molecular formula is C15H21F2NO2. The molecule has 0 aromatic heterocycles. The van der Waals surface area contributed by atoms with E-state index >= 15 is 0 Å². The second-order valence-corrected chi connectivity index (χ2v) is 6.83. The number of phenolic OH excluding ortho intramolecular Hbond substituents is 1. The molecule has 0 saturated carbocycles. The number of carbonyl (C=O) groups excluding carboxylic acids is 1. The lowest BCUT2D eigenvalue weighted by atomic mass is 9.81. The minimum Gasteiger partial charge on any atom is -0.504 e. The van der Waals surface area contributed by atoms with Crippen LogP contribution in [0.3, 0.4) is 0 Å². The first kappa shape index (κ1) is 16.4. The lowest BCUT2D eigenvalue weighted by Gasteiger charge is -2.33. The second kappa shape index (κ2) is 5.38. The molecule has 3 nitrogen and oxygen atoms in total. The quantitative estimate of drug-likeness (QED) is 0.891. The first-order valence-corrected chi connectivity index (χ1v) is 6.42. The number of benzene rings is 1. The molecule has 0 aliphatic heterocycles. The SMILES string of the molecule is CC(C)(C)CC(C)(C)NC(=O)c1c(F)ccc(F)c1O. The summed E-state index contributed by atoms with van der Waals surface area (Å²) in [5, 5.41) is 12.1.